The Balaban J connectivity index is 1.02. The quantitative estimate of drug-likeness (QED) is 0.113. The molecule has 2 heterocycles. The zero-order chi connectivity index (χ0) is 29.2. The Morgan fingerprint density at radius 1 is 0.429 bits per heavy atom. The molecule has 0 radical (unpaired) electrons. The van der Waals surface area contributed by atoms with Gasteiger partial charge in [-0.25, -0.2) is 0 Å². The lowest BCUT2D eigenvalue weighted by Crippen LogP contribution is -2.21. The van der Waals surface area contributed by atoms with Gasteiger partial charge in [0.25, 0.3) is 0 Å². The van der Waals surface area contributed by atoms with E-state index in [-0.39, 0.29) is 0 Å². The molecule has 222 valence electrons. The van der Waals surface area contributed by atoms with Gasteiger partial charge in [0.2, 0.25) is 0 Å². The largest absolute Gasteiger partial charge is 0.485 e. The number of nitrogens with one attached hydrogen (secondary N) is 2. The van der Waals surface area contributed by atoms with Crippen LogP contribution in [0.2, 0.25) is 0 Å². The molecule has 6 heteroatoms. The summed E-state index contributed by atoms with van der Waals surface area (Å²) in [6, 6.07) is 27.9. The van der Waals surface area contributed by atoms with Crippen molar-refractivity contribution < 1.29 is 9.47 Å². The first kappa shape index (κ1) is 30.9. The summed E-state index contributed by atoms with van der Waals surface area (Å²) in [5.74, 6) is 1.28. The normalized spacial score (nSPS) is 11.0. The van der Waals surface area contributed by atoms with Gasteiger partial charge in [-0.1, -0.05) is 112 Å². The lowest BCUT2D eigenvalue weighted by molar-refractivity contribution is 0.296. The smallest absolute Gasteiger partial charge is 0.168 e. The molecule has 6 nitrogen and oxygen atoms in total. The van der Waals surface area contributed by atoms with Crippen LogP contribution in [0.3, 0.4) is 0 Å². The van der Waals surface area contributed by atoms with Gasteiger partial charge < -0.3 is 18.6 Å². The van der Waals surface area contributed by atoms with E-state index in [1.807, 2.05) is 106 Å². The first-order valence-electron chi connectivity index (χ1n) is 15.5. The lowest BCUT2D eigenvalue weighted by Gasteiger charge is -2.11. The summed E-state index contributed by atoms with van der Waals surface area (Å²) in [4.78, 5) is 0. The first-order valence-corrected chi connectivity index (χ1v) is 15.5. The van der Waals surface area contributed by atoms with E-state index in [1.54, 1.807) is 0 Å². The number of aryl methyl sites for hydroxylation is 2. The van der Waals surface area contributed by atoms with Gasteiger partial charge in [-0.15, -0.1) is 0 Å². The molecule has 0 saturated heterocycles. The number of nitrogens with zero attached hydrogens (tertiary/aromatic N) is 2. The van der Waals surface area contributed by atoms with Crippen molar-refractivity contribution in [2.24, 2.45) is 0 Å². The molecule has 2 aromatic carbocycles. The molecule has 4 rings (SSSR count). The van der Waals surface area contributed by atoms with Crippen LogP contribution in [0.5, 0.6) is 11.5 Å². The Bertz CT molecular complexity index is 1320. The van der Waals surface area contributed by atoms with Gasteiger partial charge in [-0.2, -0.15) is 0 Å². The van der Waals surface area contributed by atoms with Crippen LogP contribution in [0.25, 0.3) is 0 Å². The number of ether oxygens (including phenoxy) is 2. The van der Waals surface area contributed by atoms with Crippen molar-refractivity contribution in [2.75, 3.05) is 0 Å². The predicted octanol–water partition coefficient (Wildman–Crippen LogP) is 8.01. The molecule has 0 aliphatic carbocycles. The number of unbranched alkanes of at least 4 members (excludes halogenated alkanes) is 9. The van der Waals surface area contributed by atoms with E-state index in [0.717, 1.165) is 37.1 Å². The van der Waals surface area contributed by atoms with E-state index < -0.39 is 0 Å². The molecule has 4 aromatic rings. The molecule has 0 spiro atoms. The van der Waals surface area contributed by atoms with Crippen molar-refractivity contribution in [3.63, 3.8) is 0 Å². The zero-order valence-corrected chi connectivity index (χ0v) is 24.8. The third-order valence-corrected chi connectivity index (χ3v) is 7.59. The highest BCUT2D eigenvalue weighted by Gasteiger charge is 2.04. The van der Waals surface area contributed by atoms with E-state index >= 15 is 0 Å². The van der Waals surface area contributed by atoms with E-state index in [1.165, 1.54) is 51.4 Å². The van der Waals surface area contributed by atoms with Crippen molar-refractivity contribution in [3.05, 3.63) is 119 Å². The minimum atomic E-state index is 0.454. The molecule has 0 unspecified atom stereocenters. The second-order valence-electron chi connectivity index (χ2n) is 10.9. The fourth-order valence-corrected chi connectivity index (χ4v) is 5.11. The molecular formula is C36H46N4O2. The highest BCUT2D eigenvalue weighted by atomic mass is 16.5. The number of pyridine rings is 2. The highest BCUT2D eigenvalue weighted by Crippen LogP contribution is 2.13. The topological polar surface area (TPSA) is 76.0 Å². The Labute approximate surface area is 250 Å². The zero-order valence-electron chi connectivity index (χ0n) is 24.8. The summed E-state index contributed by atoms with van der Waals surface area (Å²) in [5.41, 5.74) is 3.13. The maximum atomic E-state index is 8.49. The molecule has 0 saturated carbocycles. The number of hydrogen-bond acceptors (Lipinski definition) is 4. The Morgan fingerprint density at radius 3 is 1.17 bits per heavy atom. The Morgan fingerprint density at radius 2 is 0.786 bits per heavy atom. The minimum Gasteiger partial charge on any atom is -0.485 e. The number of rotatable bonds is 19. The van der Waals surface area contributed by atoms with Crippen LogP contribution in [0, 0.1) is 10.8 Å². The monoisotopic (exact) mass is 566 g/mol. The first-order chi connectivity index (χ1) is 20.7. The highest BCUT2D eigenvalue weighted by molar-refractivity contribution is 5.20. The standard InChI is InChI=1S/C36H46N4O2/c37-35-33(41-29-31-19-11-9-12-20-31)23-17-27-39(35)25-15-7-5-3-1-2-4-6-8-16-26-40-28-18-24-34(36(40)38)42-30-32-21-13-10-14-22-32/h9-14,17-24,27-28,37-38H,1-8,15-16,25-26,29-30H2. The van der Waals surface area contributed by atoms with Crippen LogP contribution in [0.15, 0.2) is 97.3 Å². The van der Waals surface area contributed by atoms with Gasteiger partial charge >= 0.3 is 0 Å². The van der Waals surface area contributed by atoms with Crippen molar-refractivity contribution in [3.8, 4) is 11.5 Å². The molecule has 0 fully saturated rings. The van der Waals surface area contributed by atoms with Crippen LogP contribution in [0.1, 0.15) is 75.3 Å². The third kappa shape index (κ3) is 10.4. The number of benzene rings is 2. The molecule has 0 aliphatic heterocycles. The molecular weight excluding hydrogens is 520 g/mol. The second-order valence-corrected chi connectivity index (χ2v) is 10.9. The predicted molar refractivity (Wildman–Crippen MR) is 168 cm³/mol. The van der Waals surface area contributed by atoms with Crippen molar-refractivity contribution in [1.82, 2.24) is 9.13 Å². The van der Waals surface area contributed by atoms with Gasteiger partial charge in [0.15, 0.2) is 22.5 Å². The fourth-order valence-electron chi connectivity index (χ4n) is 5.11. The summed E-state index contributed by atoms with van der Waals surface area (Å²) in [6.07, 6.45) is 16.2. The average Bonchev–Trinajstić information content (AvgIpc) is 3.03. The van der Waals surface area contributed by atoms with Gasteiger partial charge in [0, 0.05) is 25.5 Å². The SMILES string of the molecule is N=c1c(OCc2ccccc2)cccn1CCCCCCCCCCCCn1cccc(OCc2ccccc2)c1=N. The van der Waals surface area contributed by atoms with Crippen LogP contribution < -0.4 is 20.4 Å². The number of aromatic nitrogens is 2. The summed E-state index contributed by atoms with van der Waals surface area (Å²) in [6.45, 7) is 2.70. The molecule has 0 atom stereocenters. The molecule has 0 aliphatic rings. The Kier molecular flexibility index (Phi) is 13.0. The summed E-state index contributed by atoms with van der Waals surface area (Å²) in [7, 11) is 0. The van der Waals surface area contributed by atoms with E-state index in [4.69, 9.17) is 20.3 Å². The van der Waals surface area contributed by atoms with Crippen molar-refractivity contribution in [2.45, 2.75) is 90.5 Å². The van der Waals surface area contributed by atoms with Gasteiger partial charge in [-0.3, -0.25) is 10.8 Å². The average molecular weight is 567 g/mol. The van der Waals surface area contributed by atoms with Crippen LogP contribution >= 0.6 is 0 Å². The van der Waals surface area contributed by atoms with Crippen LogP contribution in [-0.4, -0.2) is 9.13 Å². The maximum Gasteiger partial charge on any atom is 0.168 e. The van der Waals surface area contributed by atoms with Crippen molar-refractivity contribution >= 4 is 0 Å². The van der Waals surface area contributed by atoms with E-state index in [9.17, 15) is 0 Å². The van der Waals surface area contributed by atoms with Crippen LogP contribution in [-0.2, 0) is 26.3 Å². The summed E-state index contributed by atoms with van der Waals surface area (Å²) >= 11 is 0. The number of hydrogen-bond donors (Lipinski definition) is 2. The molecule has 0 bridgehead atoms. The third-order valence-electron chi connectivity index (χ3n) is 7.59. The molecule has 2 N–H and O–H groups in total. The lowest BCUT2D eigenvalue weighted by atomic mass is 10.1. The molecule has 2 aromatic heterocycles. The maximum absolute atomic E-state index is 8.49. The fraction of sp³-hybridized carbons (Fsp3) is 0.389. The van der Waals surface area contributed by atoms with Gasteiger partial charge in [0.1, 0.15) is 13.2 Å². The second kappa shape index (κ2) is 17.7. The minimum absolute atomic E-state index is 0.454. The molecule has 42 heavy (non-hydrogen) atoms. The van der Waals surface area contributed by atoms with Gasteiger partial charge in [-0.05, 0) is 48.2 Å². The van der Waals surface area contributed by atoms with Crippen LogP contribution in [0.4, 0.5) is 0 Å². The Hall–Kier alpha value is -4.06. The summed E-state index contributed by atoms with van der Waals surface area (Å²) < 4.78 is 15.8. The van der Waals surface area contributed by atoms with Gasteiger partial charge in [0.05, 0.1) is 0 Å². The van der Waals surface area contributed by atoms with E-state index in [0.29, 0.717) is 35.7 Å². The molecule has 0 amide bonds. The summed E-state index contributed by atoms with van der Waals surface area (Å²) in [5, 5.41) is 17.0. The van der Waals surface area contributed by atoms with Crippen molar-refractivity contribution in [1.29, 1.82) is 10.8 Å². The van der Waals surface area contributed by atoms with E-state index in [2.05, 4.69) is 0 Å².